The van der Waals surface area contributed by atoms with Crippen LogP contribution in [0.25, 0.3) is 5.57 Å². The van der Waals surface area contributed by atoms with E-state index in [1.54, 1.807) is 18.1 Å². The van der Waals surface area contributed by atoms with Crippen LogP contribution < -0.4 is 4.74 Å². The minimum Gasteiger partial charge on any atom is -0.497 e. The molecule has 5 heteroatoms. The van der Waals surface area contributed by atoms with Crippen molar-refractivity contribution in [2.45, 2.75) is 32.8 Å². The molecule has 0 saturated carbocycles. The summed E-state index contributed by atoms with van der Waals surface area (Å²) in [4.78, 5) is 13.7. The molecule has 0 unspecified atom stereocenters. The van der Waals surface area contributed by atoms with Gasteiger partial charge < -0.3 is 14.4 Å². The molecule has 2 rings (SSSR count). The fourth-order valence-corrected chi connectivity index (χ4v) is 2.51. The number of carbonyl (C=O) groups is 1. The van der Waals surface area contributed by atoms with Crippen molar-refractivity contribution in [2.75, 3.05) is 20.2 Å². The number of halogens is 1. The molecule has 0 radical (unpaired) electrons. The van der Waals surface area contributed by atoms with Crippen LogP contribution in [0, 0.1) is 0 Å². The Bertz CT molecular complexity index is 590. The fraction of sp³-hybridized carbons (Fsp3) is 0.471. The third-order valence-corrected chi connectivity index (χ3v) is 3.56. The standard InChI is InChI=1S/C17H22ClNO3/c1-17(2,3)22-16(20)19-7-5-12(6-8-19)13-9-14(18)11-15(10-13)21-4/h5,9-11H,6-8H2,1-4H3. The Kier molecular flexibility index (Phi) is 5.01. The van der Waals surface area contributed by atoms with Gasteiger partial charge in [-0.1, -0.05) is 17.7 Å². The zero-order valence-corrected chi connectivity index (χ0v) is 14.2. The molecular formula is C17H22ClNO3. The summed E-state index contributed by atoms with van der Waals surface area (Å²) in [6, 6.07) is 5.65. The molecule has 1 heterocycles. The molecule has 1 aromatic rings. The van der Waals surface area contributed by atoms with Crippen molar-refractivity contribution in [2.24, 2.45) is 0 Å². The number of benzene rings is 1. The van der Waals surface area contributed by atoms with Crippen LogP contribution in [0.2, 0.25) is 5.02 Å². The highest BCUT2D eigenvalue weighted by Gasteiger charge is 2.24. The summed E-state index contributed by atoms with van der Waals surface area (Å²) >= 11 is 6.11. The number of methoxy groups -OCH3 is 1. The number of rotatable bonds is 2. The van der Waals surface area contributed by atoms with E-state index >= 15 is 0 Å². The number of nitrogens with zero attached hydrogens (tertiary/aromatic N) is 1. The van der Waals surface area contributed by atoms with Gasteiger partial charge in [0, 0.05) is 18.1 Å². The molecule has 1 amide bonds. The average molecular weight is 324 g/mol. The first-order chi connectivity index (χ1) is 10.3. The van der Waals surface area contributed by atoms with Gasteiger partial charge in [-0.25, -0.2) is 4.79 Å². The Hall–Kier alpha value is -1.68. The van der Waals surface area contributed by atoms with Crippen molar-refractivity contribution in [1.82, 2.24) is 4.90 Å². The van der Waals surface area contributed by atoms with Crippen LogP contribution in [0.1, 0.15) is 32.8 Å². The van der Waals surface area contributed by atoms with E-state index in [0.717, 1.165) is 17.7 Å². The summed E-state index contributed by atoms with van der Waals surface area (Å²) in [5, 5.41) is 0.643. The first kappa shape index (κ1) is 16.7. The number of carbonyl (C=O) groups excluding carboxylic acids is 1. The molecule has 0 saturated heterocycles. The van der Waals surface area contributed by atoms with Gasteiger partial charge in [0.15, 0.2) is 0 Å². The minimum atomic E-state index is -0.471. The van der Waals surface area contributed by atoms with Gasteiger partial charge in [-0.3, -0.25) is 0 Å². The highest BCUT2D eigenvalue weighted by atomic mass is 35.5. The Labute approximate surface area is 136 Å². The second kappa shape index (κ2) is 6.61. The summed E-state index contributed by atoms with van der Waals surface area (Å²) in [5.41, 5.74) is 1.73. The second-order valence-electron chi connectivity index (χ2n) is 6.29. The molecule has 0 atom stereocenters. The fourth-order valence-electron chi connectivity index (χ4n) is 2.29. The molecule has 1 aromatic carbocycles. The lowest BCUT2D eigenvalue weighted by Crippen LogP contribution is -2.39. The van der Waals surface area contributed by atoms with E-state index in [-0.39, 0.29) is 6.09 Å². The van der Waals surface area contributed by atoms with Crippen LogP contribution in [-0.2, 0) is 4.74 Å². The molecule has 1 aliphatic heterocycles. The van der Waals surface area contributed by atoms with Crippen molar-refractivity contribution in [3.05, 3.63) is 34.9 Å². The average Bonchev–Trinajstić information content (AvgIpc) is 2.45. The predicted molar refractivity (Wildman–Crippen MR) is 88.4 cm³/mol. The van der Waals surface area contributed by atoms with Gasteiger partial charge in [-0.05, 0) is 56.5 Å². The summed E-state index contributed by atoms with van der Waals surface area (Å²) < 4.78 is 10.6. The van der Waals surface area contributed by atoms with Gasteiger partial charge >= 0.3 is 6.09 Å². The predicted octanol–water partition coefficient (Wildman–Crippen LogP) is 4.37. The van der Waals surface area contributed by atoms with E-state index in [9.17, 15) is 4.79 Å². The molecular weight excluding hydrogens is 302 g/mol. The first-order valence-electron chi connectivity index (χ1n) is 7.30. The lowest BCUT2D eigenvalue weighted by atomic mass is 9.99. The molecule has 4 nitrogen and oxygen atoms in total. The quantitative estimate of drug-likeness (QED) is 0.811. The Balaban J connectivity index is 2.08. The maximum atomic E-state index is 12.0. The van der Waals surface area contributed by atoms with Crippen LogP contribution in [0.5, 0.6) is 5.75 Å². The molecule has 0 aromatic heterocycles. The van der Waals surface area contributed by atoms with Gasteiger partial charge in [0.2, 0.25) is 0 Å². The van der Waals surface area contributed by atoms with E-state index in [0.29, 0.717) is 18.1 Å². The summed E-state index contributed by atoms with van der Waals surface area (Å²) in [6.07, 6.45) is 2.54. The minimum absolute atomic E-state index is 0.272. The Morgan fingerprint density at radius 3 is 2.55 bits per heavy atom. The van der Waals surface area contributed by atoms with Crippen molar-refractivity contribution >= 4 is 23.3 Å². The van der Waals surface area contributed by atoms with E-state index < -0.39 is 5.60 Å². The summed E-state index contributed by atoms with van der Waals surface area (Å²) in [6.45, 7) is 6.78. The van der Waals surface area contributed by atoms with Crippen LogP contribution in [-0.4, -0.2) is 36.8 Å². The lowest BCUT2D eigenvalue weighted by molar-refractivity contribution is 0.0270. The molecule has 0 spiro atoms. The SMILES string of the molecule is COc1cc(Cl)cc(C2=CCN(C(=O)OC(C)(C)C)CC2)c1. The second-order valence-corrected chi connectivity index (χ2v) is 6.72. The number of hydrogen-bond acceptors (Lipinski definition) is 3. The number of hydrogen-bond donors (Lipinski definition) is 0. The van der Waals surface area contributed by atoms with Crippen LogP contribution >= 0.6 is 11.6 Å². The summed E-state index contributed by atoms with van der Waals surface area (Å²) in [7, 11) is 1.62. The lowest BCUT2D eigenvalue weighted by Gasteiger charge is -2.29. The van der Waals surface area contributed by atoms with Crippen LogP contribution in [0.4, 0.5) is 4.79 Å². The Morgan fingerprint density at radius 2 is 2.00 bits per heavy atom. The molecule has 0 aliphatic carbocycles. The van der Waals surface area contributed by atoms with Gasteiger partial charge in [0.1, 0.15) is 11.4 Å². The van der Waals surface area contributed by atoms with Crippen molar-refractivity contribution in [1.29, 1.82) is 0 Å². The third kappa shape index (κ3) is 4.41. The van der Waals surface area contributed by atoms with E-state index in [1.807, 2.05) is 39.0 Å². The van der Waals surface area contributed by atoms with Crippen LogP contribution in [0.15, 0.2) is 24.3 Å². The molecule has 1 aliphatic rings. The normalized spacial score (nSPS) is 15.3. The topological polar surface area (TPSA) is 38.8 Å². The van der Waals surface area contributed by atoms with Crippen molar-refractivity contribution < 1.29 is 14.3 Å². The largest absolute Gasteiger partial charge is 0.497 e. The zero-order valence-electron chi connectivity index (χ0n) is 13.5. The van der Waals surface area contributed by atoms with Crippen molar-refractivity contribution in [3.63, 3.8) is 0 Å². The monoisotopic (exact) mass is 323 g/mol. The maximum absolute atomic E-state index is 12.0. The zero-order chi connectivity index (χ0) is 16.3. The van der Waals surface area contributed by atoms with Crippen LogP contribution in [0.3, 0.4) is 0 Å². The molecule has 120 valence electrons. The molecule has 0 N–H and O–H groups in total. The van der Waals surface area contributed by atoms with E-state index in [1.165, 1.54) is 5.57 Å². The third-order valence-electron chi connectivity index (χ3n) is 3.34. The highest BCUT2D eigenvalue weighted by Crippen LogP contribution is 2.29. The molecule has 0 fully saturated rings. The summed E-state index contributed by atoms with van der Waals surface area (Å²) in [5.74, 6) is 0.734. The van der Waals surface area contributed by atoms with Gasteiger partial charge in [0.05, 0.1) is 7.11 Å². The molecule has 22 heavy (non-hydrogen) atoms. The first-order valence-corrected chi connectivity index (χ1v) is 7.68. The van der Waals surface area contributed by atoms with Gasteiger partial charge in [-0.2, -0.15) is 0 Å². The smallest absolute Gasteiger partial charge is 0.410 e. The van der Waals surface area contributed by atoms with E-state index in [4.69, 9.17) is 21.1 Å². The maximum Gasteiger partial charge on any atom is 0.410 e. The molecule has 0 bridgehead atoms. The van der Waals surface area contributed by atoms with E-state index in [2.05, 4.69) is 0 Å². The number of amides is 1. The van der Waals surface area contributed by atoms with Gasteiger partial charge in [-0.15, -0.1) is 0 Å². The van der Waals surface area contributed by atoms with Crippen molar-refractivity contribution in [3.8, 4) is 5.75 Å². The van der Waals surface area contributed by atoms with Gasteiger partial charge in [0.25, 0.3) is 0 Å². The Morgan fingerprint density at radius 1 is 1.27 bits per heavy atom. The number of ether oxygens (including phenoxy) is 2. The highest BCUT2D eigenvalue weighted by molar-refractivity contribution is 6.30.